The molecule has 1 saturated heterocycles. The highest BCUT2D eigenvalue weighted by Gasteiger charge is 2.27. The van der Waals surface area contributed by atoms with Crippen LogP contribution in [0.25, 0.3) is 0 Å². The lowest BCUT2D eigenvalue weighted by Crippen LogP contribution is -2.44. The summed E-state index contributed by atoms with van der Waals surface area (Å²) in [4.78, 5) is 13.4. The van der Waals surface area contributed by atoms with Crippen LogP contribution in [0, 0.1) is 5.92 Å². The molecule has 0 amide bonds. The van der Waals surface area contributed by atoms with Crippen LogP contribution in [0.2, 0.25) is 0 Å². The zero-order valence-corrected chi connectivity index (χ0v) is 11.8. The lowest BCUT2D eigenvalue weighted by Gasteiger charge is -2.31. The Balaban J connectivity index is 2.10. The highest BCUT2D eigenvalue weighted by Crippen LogP contribution is 2.20. The zero-order valence-electron chi connectivity index (χ0n) is 11.8. The van der Waals surface area contributed by atoms with E-state index in [1.165, 1.54) is 32.4 Å². The highest BCUT2D eigenvalue weighted by molar-refractivity contribution is 5.77. The van der Waals surface area contributed by atoms with Crippen molar-refractivity contribution in [3.63, 3.8) is 0 Å². The Morgan fingerprint density at radius 3 is 2.50 bits per heavy atom. The van der Waals surface area contributed by atoms with E-state index in [9.17, 15) is 4.79 Å². The number of piperidine rings is 1. The van der Waals surface area contributed by atoms with Gasteiger partial charge in [0.15, 0.2) is 0 Å². The van der Waals surface area contributed by atoms with Crippen molar-refractivity contribution < 1.29 is 9.90 Å². The monoisotopic (exact) mass is 256 g/mol. The van der Waals surface area contributed by atoms with Crippen LogP contribution in [0.15, 0.2) is 0 Å². The Morgan fingerprint density at radius 2 is 2.00 bits per heavy atom. The molecule has 1 heterocycles. The van der Waals surface area contributed by atoms with Crippen LogP contribution in [0.4, 0.5) is 0 Å². The maximum Gasteiger partial charge on any atom is 0.323 e. The van der Waals surface area contributed by atoms with E-state index in [1.807, 2.05) is 0 Å². The molecular weight excluding hydrogens is 228 g/mol. The third kappa shape index (κ3) is 4.94. The van der Waals surface area contributed by atoms with Crippen molar-refractivity contribution in [2.75, 3.05) is 19.6 Å². The van der Waals surface area contributed by atoms with E-state index in [1.54, 1.807) is 6.92 Å². The van der Waals surface area contributed by atoms with Crippen LogP contribution in [0.5, 0.6) is 0 Å². The first kappa shape index (κ1) is 15.4. The standard InChI is InChI=1S/C14H28N2O2/c1-3-12-6-10-16(11-7-12)9-5-4-8-14(2,15)13(17)18/h12H,3-11,15H2,1-2H3,(H,17,18). The van der Waals surface area contributed by atoms with Crippen molar-refractivity contribution in [1.82, 2.24) is 4.90 Å². The van der Waals surface area contributed by atoms with Gasteiger partial charge in [0.05, 0.1) is 0 Å². The molecule has 1 unspecified atom stereocenters. The molecule has 1 aliphatic rings. The minimum Gasteiger partial charge on any atom is -0.480 e. The minimum atomic E-state index is -1.06. The summed E-state index contributed by atoms with van der Waals surface area (Å²) in [6, 6.07) is 0. The Morgan fingerprint density at radius 1 is 1.39 bits per heavy atom. The molecule has 1 aliphatic heterocycles. The van der Waals surface area contributed by atoms with Crippen molar-refractivity contribution in [1.29, 1.82) is 0 Å². The van der Waals surface area contributed by atoms with Crippen LogP contribution in [0.1, 0.15) is 52.4 Å². The molecule has 0 bridgehead atoms. The summed E-state index contributed by atoms with van der Waals surface area (Å²) < 4.78 is 0. The van der Waals surface area contributed by atoms with Crippen LogP contribution < -0.4 is 5.73 Å². The number of aliphatic carboxylic acids is 1. The molecule has 18 heavy (non-hydrogen) atoms. The smallest absolute Gasteiger partial charge is 0.323 e. The van der Waals surface area contributed by atoms with Gasteiger partial charge >= 0.3 is 5.97 Å². The fourth-order valence-corrected chi connectivity index (χ4v) is 2.55. The molecule has 0 aliphatic carbocycles. The molecule has 0 radical (unpaired) electrons. The fraction of sp³-hybridized carbons (Fsp3) is 0.929. The average Bonchev–Trinajstić information content (AvgIpc) is 2.35. The topological polar surface area (TPSA) is 66.6 Å². The van der Waals surface area contributed by atoms with Crippen LogP contribution in [-0.4, -0.2) is 41.1 Å². The van der Waals surface area contributed by atoms with E-state index in [0.29, 0.717) is 6.42 Å². The molecule has 4 nitrogen and oxygen atoms in total. The molecular formula is C14H28N2O2. The minimum absolute atomic E-state index is 0.563. The SMILES string of the molecule is CCC1CCN(CCCCC(C)(N)C(=O)O)CC1. The van der Waals surface area contributed by atoms with Gasteiger partial charge in [-0.1, -0.05) is 13.3 Å². The van der Waals surface area contributed by atoms with E-state index in [4.69, 9.17) is 10.8 Å². The second-order valence-electron chi connectivity index (χ2n) is 5.87. The summed E-state index contributed by atoms with van der Waals surface area (Å²) in [7, 11) is 0. The summed E-state index contributed by atoms with van der Waals surface area (Å²) >= 11 is 0. The molecule has 1 rings (SSSR count). The predicted molar refractivity (Wildman–Crippen MR) is 73.5 cm³/mol. The summed E-state index contributed by atoms with van der Waals surface area (Å²) in [5.41, 5.74) is 4.64. The Bertz CT molecular complexity index is 259. The second kappa shape index (κ2) is 7.10. The van der Waals surface area contributed by atoms with Gasteiger partial charge in [0.25, 0.3) is 0 Å². The average molecular weight is 256 g/mol. The molecule has 106 valence electrons. The predicted octanol–water partition coefficient (Wildman–Crippen LogP) is 2.08. The summed E-state index contributed by atoms with van der Waals surface area (Å²) in [6.45, 7) is 7.37. The van der Waals surface area contributed by atoms with Gasteiger partial charge in [0.2, 0.25) is 0 Å². The van der Waals surface area contributed by atoms with Gasteiger partial charge in [-0.2, -0.15) is 0 Å². The number of carboxylic acids is 1. The first-order valence-corrected chi connectivity index (χ1v) is 7.20. The van der Waals surface area contributed by atoms with Crippen molar-refractivity contribution >= 4 is 5.97 Å². The first-order chi connectivity index (χ1) is 8.45. The number of hydrogen-bond donors (Lipinski definition) is 2. The van der Waals surface area contributed by atoms with Crippen molar-refractivity contribution in [2.24, 2.45) is 11.7 Å². The van der Waals surface area contributed by atoms with Gasteiger partial charge in [-0.15, -0.1) is 0 Å². The molecule has 0 aromatic heterocycles. The number of nitrogens with zero attached hydrogens (tertiary/aromatic N) is 1. The highest BCUT2D eigenvalue weighted by atomic mass is 16.4. The number of carbonyl (C=O) groups is 1. The van der Waals surface area contributed by atoms with Gasteiger partial charge < -0.3 is 15.7 Å². The molecule has 0 saturated carbocycles. The van der Waals surface area contributed by atoms with E-state index >= 15 is 0 Å². The Hall–Kier alpha value is -0.610. The lowest BCUT2D eigenvalue weighted by molar-refractivity contribution is -0.142. The number of nitrogens with two attached hydrogens (primary N) is 1. The van der Waals surface area contributed by atoms with E-state index in [2.05, 4.69) is 11.8 Å². The van der Waals surface area contributed by atoms with Crippen LogP contribution >= 0.6 is 0 Å². The molecule has 4 heteroatoms. The number of rotatable bonds is 7. The molecule has 0 spiro atoms. The van der Waals surface area contributed by atoms with E-state index in [-0.39, 0.29) is 0 Å². The summed E-state index contributed by atoms with van der Waals surface area (Å²) in [6.07, 6.45) is 6.45. The molecule has 1 fully saturated rings. The normalized spacial score (nSPS) is 21.7. The third-order valence-corrected chi connectivity index (χ3v) is 4.19. The molecule has 0 aromatic rings. The molecule has 0 aromatic carbocycles. The Kier molecular flexibility index (Phi) is 6.09. The zero-order chi connectivity index (χ0) is 13.6. The second-order valence-corrected chi connectivity index (χ2v) is 5.87. The van der Waals surface area contributed by atoms with Crippen molar-refractivity contribution in [3.8, 4) is 0 Å². The molecule has 1 atom stereocenters. The van der Waals surface area contributed by atoms with Crippen molar-refractivity contribution in [2.45, 2.75) is 57.9 Å². The quantitative estimate of drug-likeness (QED) is 0.684. The van der Waals surface area contributed by atoms with Crippen molar-refractivity contribution in [3.05, 3.63) is 0 Å². The van der Waals surface area contributed by atoms with E-state index in [0.717, 1.165) is 25.3 Å². The summed E-state index contributed by atoms with van der Waals surface area (Å²) in [5, 5.41) is 8.91. The number of hydrogen-bond acceptors (Lipinski definition) is 3. The maximum absolute atomic E-state index is 10.9. The van der Waals surface area contributed by atoms with Gasteiger partial charge in [0, 0.05) is 0 Å². The van der Waals surface area contributed by atoms with Gasteiger partial charge in [0.1, 0.15) is 5.54 Å². The van der Waals surface area contributed by atoms with Gasteiger partial charge in [-0.05, 0) is 64.6 Å². The van der Waals surface area contributed by atoms with Gasteiger partial charge in [-0.25, -0.2) is 0 Å². The van der Waals surface area contributed by atoms with Crippen LogP contribution in [0.3, 0.4) is 0 Å². The Labute approximate surface area is 111 Å². The maximum atomic E-state index is 10.9. The van der Waals surface area contributed by atoms with E-state index < -0.39 is 11.5 Å². The fourth-order valence-electron chi connectivity index (χ4n) is 2.55. The summed E-state index contributed by atoms with van der Waals surface area (Å²) in [5.74, 6) is 0.0202. The first-order valence-electron chi connectivity index (χ1n) is 7.20. The number of unbranched alkanes of at least 4 members (excludes halogenated alkanes) is 1. The number of likely N-dealkylation sites (tertiary alicyclic amines) is 1. The molecule has 3 N–H and O–H groups in total. The lowest BCUT2D eigenvalue weighted by atomic mass is 9.93. The largest absolute Gasteiger partial charge is 0.480 e. The van der Waals surface area contributed by atoms with Gasteiger partial charge in [-0.3, -0.25) is 4.79 Å². The van der Waals surface area contributed by atoms with Crippen LogP contribution in [-0.2, 0) is 4.79 Å². The third-order valence-electron chi connectivity index (χ3n) is 4.19. The number of carboxylic acid groups (broad SMARTS) is 1.